The van der Waals surface area contributed by atoms with Crippen LogP contribution >= 0.6 is 35.6 Å². The summed E-state index contributed by atoms with van der Waals surface area (Å²) < 4.78 is 6.00. The third-order valence-corrected chi connectivity index (χ3v) is 6.03. The number of halogens is 1. The van der Waals surface area contributed by atoms with Crippen LogP contribution in [0, 0.1) is 0 Å². The molecule has 1 saturated heterocycles. The number of hydrogen-bond donors (Lipinski definition) is 1. The Kier molecular flexibility index (Phi) is 7.90. The molecule has 1 aliphatic rings. The third kappa shape index (κ3) is 5.62. The first kappa shape index (κ1) is 22.3. The second kappa shape index (κ2) is 10.6. The molecule has 3 rings (SSSR count). The van der Waals surface area contributed by atoms with Crippen LogP contribution in [0.4, 0.5) is 5.69 Å². The topological polar surface area (TPSA) is 58.6 Å². The Morgan fingerprint density at radius 1 is 1.23 bits per heavy atom. The molecule has 0 aliphatic carbocycles. The lowest BCUT2D eigenvalue weighted by Crippen LogP contribution is -2.29. The quantitative estimate of drug-likeness (QED) is 0.424. The van der Waals surface area contributed by atoms with E-state index < -0.39 is 0 Å². The number of carbonyl (C=O) groups is 2. The number of ether oxygens (including phenoxy) is 1. The van der Waals surface area contributed by atoms with Gasteiger partial charge in [0.15, 0.2) is 0 Å². The van der Waals surface area contributed by atoms with Gasteiger partial charge in [0.2, 0.25) is 5.91 Å². The van der Waals surface area contributed by atoms with Gasteiger partial charge in [-0.05, 0) is 43.2 Å². The molecule has 0 atom stereocenters. The Balaban J connectivity index is 1.55. The molecule has 1 heterocycles. The lowest BCUT2D eigenvalue weighted by atomic mass is 10.2. The molecule has 8 heteroatoms. The Labute approximate surface area is 190 Å². The maximum Gasteiger partial charge on any atom is 0.266 e. The molecule has 0 saturated carbocycles. The standard InChI is InChI=1S/C22H21ClN2O3S2/c1-2-28-18-11-6-5-10-17(18)24-20(26)12-7-13-25-21(27)19(30-22(25)29)14-15-8-3-4-9-16(15)23/h3-6,8-11,14H,2,7,12-13H2,1H3,(H,24,26)/b19-14-. The maximum atomic E-state index is 12.7. The van der Waals surface area contributed by atoms with E-state index in [2.05, 4.69) is 5.32 Å². The van der Waals surface area contributed by atoms with Crippen molar-refractivity contribution in [1.82, 2.24) is 4.90 Å². The number of anilines is 1. The van der Waals surface area contributed by atoms with Gasteiger partial charge in [-0.3, -0.25) is 14.5 Å². The van der Waals surface area contributed by atoms with Crippen LogP contribution in [0.5, 0.6) is 5.75 Å². The van der Waals surface area contributed by atoms with E-state index in [1.807, 2.05) is 43.3 Å². The fourth-order valence-corrected chi connectivity index (χ4v) is 4.38. The number of benzene rings is 2. The zero-order chi connectivity index (χ0) is 21.5. The fourth-order valence-electron chi connectivity index (χ4n) is 2.89. The lowest BCUT2D eigenvalue weighted by Gasteiger charge is -2.14. The van der Waals surface area contributed by atoms with Crippen LogP contribution in [-0.4, -0.2) is 34.2 Å². The summed E-state index contributed by atoms with van der Waals surface area (Å²) in [6.07, 6.45) is 2.51. The van der Waals surface area contributed by atoms with Gasteiger partial charge in [-0.2, -0.15) is 0 Å². The normalized spacial score (nSPS) is 15.0. The van der Waals surface area contributed by atoms with Gasteiger partial charge in [0, 0.05) is 18.0 Å². The molecule has 2 amide bonds. The maximum absolute atomic E-state index is 12.7. The zero-order valence-corrected chi connectivity index (χ0v) is 18.8. The first-order valence-electron chi connectivity index (χ1n) is 9.51. The molecule has 5 nitrogen and oxygen atoms in total. The van der Waals surface area contributed by atoms with Gasteiger partial charge in [-0.15, -0.1) is 0 Å². The predicted molar refractivity (Wildman–Crippen MR) is 127 cm³/mol. The minimum absolute atomic E-state index is 0.140. The van der Waals surface area contributed by atoms with Gasteiger partial charge >= 0.3 is 0 Å². The third-order valence-electron chi connectivity index (χ3n) is 4.31. The number of para-hydroxylation sites is 2. The summed E-state index contributed by atoms with van der Waals surface area (Å²) >= 11 is 12.8. The minimum atomic E-state index is -0.160. The smallest absolute Gasteiger partial charge is 0.266 e. The number of carbonyl (C=O) groups excluding carboxylic acids is 2. The highest BCUT2D eigenvalue weighted by molar-refractivity contribution is 8.26. The summed E-state index contributed by atoms with van der Waals surface area (Å²) in [5.74, 6) is 0.334. The summed E-state index contributed by atoms with van der Waals surface area (Å²) in [5.41, 5.74) is 1.41. The van der Waals surface area contributed by atoms with Crippen molar-refractivity contribution in [2.45, 2.75) is 19.8 Å². The number of thioether (sulfide) groups is 1. The Morgan fingerprint density at radius 2 is 1.97 bits per heavy atom. The Bertz CT molecular complexity index is 994. The van der Waals surface area contributed by atoms with Crippen LogP contribution in [0.3, 0.4) is 0 Å². The molecule has 2 aromatic carbocycles. The molecule has 156 valence electrons. The van der Waals surface area contributed by atoms with Crippen molar-refractivity contribution in [2.75, 3.05) is 18.5 Å². The van der Waals surface area contributed by atoms with E-state index in [4.69, 9.17) is 28.6 Å². The van der Waals surface area contributed by atoms with Crippen LogP contribution in [0.1, 0.15) is 25.3 Å². The van der Waals surface area contributed by atoms with Gasteiger partial charge in [0.05, 0.1) is 17.2 Å². The van der Waals surface area contributed by atoms with E-state index >= 15 is 0 Å². The van der Waals surface area contributed by atoms with E-state index in [0.29, 0.717) is 45.3 Å². The molecule has 0 spiro atoms. The SMILES string of the molecule is CCOc1ccccc1NC(=O)CCCN1C(=O)/C(=C/c2ccccc2Cl)SC1=S. The van der Waals surface area contributed by atoms with Gasteiger partial charge < -0.3 is 10.1 Å². The number of rotatable bonds is 8. The van der Waals surface area contributed by atoms with E-state index in [-0.39, 0.29) is 18.2 Å². The monoisotopic (exact) mass is 460 g/mol. The van der Waals surface area contributed by atoms with Crippen molar-refractivity contribution >= 4 is 63.5 Å². The van der Waals surface area contributed by atoms with Crippen molar-refractivity contribution < 1.29 is 14.3 Å². The molecule has 0 radical (unpaired) electrons. The highest BCUT2D eigenvalue weighted by Gasteiger charge is 2.31. The van der Waals surface area contributed by atoms with E-state index in [0.717, 1.165) is 5.56 Å². The van der Waals surface area contributed by atoms with Gasteiger partial charge in [0.1, 0.15) is 10.1 Å². The second-order valence-corrected chi connectivity index (χ2v) is 8.52. The molecule has 1 fully saturated rings. The van der Waals surface area contributed by atoms with Crippen LogP contribution in [0.25, 0.3) is 6.08 Å². The average molecular weight is 461 g/mol. The summed E-state index contributed by atoms with van der Waals surface area (Å²) in [6, 6.07) is 14.6. The largest absolute Gasteiger partial charge is 0.492 e. The Hall–Kier alpha value is -2.35. The molecule has 2 aromatic rings. The van der Waals surface area contributed by atoms with Crippen LogP contribution in [0.2, 0.25) is 5.02 Å². The molecule has 0 unspecified atom stereocenters. The van der Waals surface area contributed by atoms with Crippen LogP contribution < -0.4 is 10.1 Å². The van der Waals surface area contributed by atoms with Crippen molar-refractivity contribution in [1.29, 1.82) is 0 Å². The lowest BCUT2D eigenvalue weighted by molar-refractivity contribution is -0.122. The predicted octanol–water partition coefficient (Wildman–Crippen LogP) is 5.36. The second-order valence-electron chi connectivity index (χ2n) is 6.44. The highest BCUT2D eigenvalue weighted by atomic mass is 35.5. The van der Waals surface area contributed by atoms with Gasteiger partial charge in [-0.1, -0.05) is 65.9 Å². The summed E-state index contributed by atoms with van der Waals surface area (Å²) in [6.45, 7) is 2.79. The van der Waals surface area contributed by atoms with Crippen LogP contribution in [0.15, 0.2) is 53.4 Å². The fraction of sp³-hybridized carbons (Fsp3) is 0.227. The van der Waals surface area contributed by atoms with E-state index in [1.165, 1.54) is 16.7 Å². The molecule has 1 aliphatic heterocycles. The Morgan fingerprint density at radius 3 is 2.73 bits per heavy atom. The molecular weight excluding hydrogens is 440 g/mol. The first-order valence-corrected chi connectivity index (χ1v) is 11.1. The number of nitrogens with one attached hydrogen (secondary N) is 1. The molecule has 30 heavy (non-hydrogen) atoms. The van der Waals surface area contributed by atoms with E-state index in [9.17, 15) is 9.59 Å². The minimum Gasteiger partial charge on any atom is -0.492 e. The molecular formula is C22H21ClN2O3S2. The summed E-state index contributed by atoms with van der Waals surface area (Å²) in [7, 11) is 0. The summed E-state index contributed by atoms with van der Waals surface area (Å²) in [4.78, 5) is 27.1. The zero-order valence-electron chi connectivity index (χ0n) is 16.4. The summed E-state index contributed by atoms with van der Waals surface area (Å²) in [5, 5.41) is 3.44. The van der Waals surface area contributed by atoms with Crippen LogP contribution in [-0.2, 0) is 9.59 Å². The average Bonchev–Trinajstić information content (AvgIpc) is 2.99. The number of nitrogens with zero attached hydrogens (tertiary/aromatic N) is 1. The van der Waals surface area contributed by atoms with E-state index in [1.54, 1.807) is 18.2 Å². The number of amides is 2. The molecule has 1 N–H and O–H groups in total. The highest BCUT2D eigenvalue weighted by Crippen LogP contribution is 2.34. The van der Waals surface area contributed by atoms with Gasteiger partial charge in [0.25, 0.3) is 5.91 Å². The van der Waals surface area contributed by atoms with Crippen molar-refractivity contribution in [3.63, 3.8) is 0 Å². The molecule has 0 bridgehead atoms. The number of thiocarbonyl (C=S) groups is 1. The number of hydrogen-bond acceptors (Lipinski definition) is 5. The van der Waals surface area contributed by atoms with Crippen molar-refractivity contribution in [2.24, 2.45) is 0 Å². The van der Waals surface area contributed by atoms with Crippen molar-refractivity contribution in [3.05, 3.63) is 64.0 Å². The van der Waals surface area contributed by atoms with Crippen molar-refractivity contribution in [3.8, 4) is 5.75 Å². The molecule has 0 aromatic heterocycles. The first-order chi connectivity index (χ1) is 14.5. The van der Waals surface area contributed by atoms with Gasteiger partial charge in [-0.25, -0.2) is 0 Å².